The zero-order chi connectivity index (χ0) is 85.9. The predicted octanol–water partition coefficient (Wildman–Crippen LogP) is 11.4. The molecule has 1 aliphatic rings. The number of aryl methyl sites for hydroxylation is 1. The summed E-state index contributed by atoms with van der Waals surface area (Å²) in [6, 6.07) is 27.1. The number of aliphatic hydroxyl groups excluding tert-OH is 1. The highest BCUT2D eigenvalue weighted by Crippen LogP contribution is 2.17. The lowest BCUT2D eigenvalue weighted by Crippen LogP contribution is -2.58. The zero-order valence-electron chi connectivity index (χ0n) is 72.5. The number of amides is 4. The molecule has 1 saturated heterocycles. The Morgan fingerprint density at radius 1 is 0.415 bits per heavy atom. The van der Waals surface area contributed by atoms with Gasteiger partial charge >= 0.3 is 0 Å². The highest BCUT2D eigenvalue weighted by molar-refractivity contribution is 5.94. The number of likely N-dealkylation sites (tertiary alicyclic amines) is 1. The van der Waals surface area contributed by atoms with Crippen LogP contribution in [0.1, 0.15) is 194 Å². The number of carbonyl (C=O) groups is 14. The van der Waals surface area contributed by atoms with Crippen molar-refractivity contribution in [1.29, 1.82) is 0 Å². The Hall–Kier alpha value is -8.20. The number of nitrogens with zero attached hydrogens (tertiary/aromatic N) is 3. The van der Waals surface area contributed by atoms with Gasteiger partial charge in [0, 0.05) is 47.0 Å². The number of benzene rings is 3. The second kappa shape index (κ2) is 182. The molecule has 0 aromatic heterocycles. The first-order valence-electron chi connectivity index (χ1n) is 33.3. The van der Waals surface area contributed by atoms with Crippen molar-refractivity contribution in [3.63, 3.8) is 0 Å². The number of hydrogen-bond donors (Lipinski definition) is 12. The Balaban J connectivity index is -0.0000000349. The second-order valence-corrected chi connectivity index (χ2v) is 18.5. The number of likely N-dealkylation sites (N-methyl/N-ethyl adjacent to an activating group) is 2. The Morgan fingerprint density at radius 2 is 0.632 bits per heavy atom. The monoisotopic (exact) mass is 1530 g/mol. The highest BCUT2D eigenvalue weighted by Gasteiger charge is 2.36. The Bertz CT molecular complexity index is 1810. The Kier molecular flexibility index (Phi) is 297. The van der Waals surface area contributed by atoms with Crippen molar-refractivity contribution >= 4 is 91.5 Å². The SMILES string of the molecule is C=O.C=O.C=O.C=O.C=O.C=O.C=O.C=O.C=O.C=O.CC.CC.CC.CC(=O)N(C)[C@@H](Cc1ccccc1)C(=O)N(C)[C@@H](Cc1ccccc1)C(=O)N[C@@H](C)C(=O)N1CCCCC1.CC(C)C.CCC(C)C.CCC(C)C.CC[C@@H](C)O.CCc1ccccc1.CN.CN.CN.CN.CN.N.N.N.N.N. The van der Waals surface area contributed by atoms with Crippen molar-refractivity contribution in [3.8, 4) is 0 Å². The molecule has 1 aliphatic heterocycles. The van der Waals surface area contributed by atoms with Gasteiger partial charge in [0.2, 0.25) is 23.6 Å². The molecule has 4 atom stereocenters. The summed E-state index contributed by atoms with van der Waals surface area (Å²) in [6.45, 7) is 62.2. The van der Waals surface area contributed by atoms with Crippen molar-refractivity contribution in [2.24, 2.45) is 46.4 Å². The van der Waals surface area contributed by atoms with Crippen LogP contribution in [0.5, 0.6) is 0 Å². The van der Waals surface area contributed by atoms with Gasteiger partial charge in [0.25, 0.3) is 0 Å². The molecule has 0 aliphatic carbocycles. The van der Waals surface area contributed by atoms with Crippen LogP contribution in [0.15, 0.2) is 91.0 Å². The van der Waals surface area contributed by atoms with Gasteiger partial charge in [0.15, 0.2) is 0 Å². The quantitative estimate of drug-likeness (QED) is 0.0713. The lowest BCUT2D eigenvalue weighted by molar-refractivity contribution is -0.147. The topological polar surface area (TPSA) is 586 Å². The number of piperidine rings is 1. The first-order valence-corrected chi connectivity index (χ1v) is 33.3. The minimum Gasteiger partial charge on any atom is -0.393 e. The summed E-state index contributed by atoms with van der Waals surface area (Å²) in [6.07, 6.45) is 8.14. The molecule has 4 amide bonds. The minimum absolute atomic E-state index is 0. The number of rotatable bonds is 14. The molecule has 640 valence electrons. The summed E-state index contributed by atoms with van der Waals surface area (Å²) in [5.41, 5.74) is 25.7. The fourth-order valence-electron chi connectivity index (χ4n) is 5.55. The molecule has 29 heteroatoms. The molecule has 1 fully saturated rings. The number of hydrogen-bond acceptors (Lipinski definition) is 25. The van der Waals surface area contributed by atoms with E-state index < -0.39 is 24.0 Å². The number of carbonyl (C=O) groups excluding carboxylic acids is 14. The van der Waals surface area contributed by atoms with Gasteiger partial charge < -0.3 is 132 Å². The van der Waals surface area contributed by atoms with Crippen molar-refractivity contribution in [2.75, 3.05) is 62.4 Å². The molecule has 0 spiro atoms. The van der Waals surface area contributed by atoms with Gasteiger partial charge in [-0.3, -0.25) is 19.2 Å². The van der Waals surface area contributed by atoms with Gasteiger partial charge in [-0.25, -0.2) is 0 Å². The van der Waals surface area contributed by atoms with Gasteiger partial charge in [-0.05, 0) is 116 Å². The molecule has 3 aromatic carbocycles. The summed E-state index contributed by atoms with van der Waals surface area (Å²) >= 11 is 0. The standard InChI is InChI=1S/C30H40N4O4.C8H10.2C5H12.C4H10O.C4H10.3C2H6.5CH5N.10CH2O.5H3N/c1-22(29(37)34-18-12-7-13-19-34)31-28(36)26(20-24-14-8-5-9-15-24)33(4)30(38)27(32(3)23(2)35)21-25-16-10-6-11-17-25;1-2-8-6-4-3-5-7-8;2*1-4-5(2)3;1-3-4(2)5;1-4(2)3;18*1-2;;;;;/h5-6,8-11,14-17,22,26-27H,7,12-13,18-21H2,1-4H3,(H,31,36);3-7H,2H2,1H3;2*5H,4H2,1-3H3;4-5H,3H2,1-2H3;4H,1-3H3;3*1-2H3;5*2H2,1H3;10*1H2;5*1H3/t22-,26-,27-;;;;4-;;;;;;;;;;;;;;;;;;;;;;;;/m0...1......................../s1. The van der Waals surface area contributed by atoms with Crippen LogP contribution < -0.4 is 64.7 Å². The summed E-state index contributed by atoms with van der Waals surface area (Å²) < 4.78 is 0. The van der Waals surface area contributed by atoms with E-state index in [1.54, 1.807) is 32.8 Å². The van der Waals surface area contributed by atoms with Crippen molar-refractivity contribution in [3.05, 3.63) is 108 Å². The van der Waals surface area contributed by atoms with E-state index in [1.807, 2.05) is 183 Å². The number of aliphatic hydroxyl groups is 1. The van der Waals surface area contributed by atoms with Crippen molar-refractivity contribution in [1.82, 2.24) is 50.8 Å². The maximum atomic E-state index is 13.9. The third kappa shape index (κ3) is 150. The molecule has 1 heterocycles. The van der Waals surface area contributed by atoms with Crippen molar-refractivity contribution in [2.45, 2.75) is 220 Å². The molecule has 106 heavy (non-hydrogen) atoms. The van der Waals surface area contributed by atoms with E-state index in [-0.39, 0.29) is 61.0 Å². The largest absolute Gasteiger partial charge is 0.393 e. The normalized spacial score (nSPS) is 9.08. The van der Waals surface area contributed by atoms with Crippen LogP contribution in [0.4, 0.5) is 0 Å². The van der Waals surface area contributed by atoms with Crippen LogP contribution in [-0.2, 0) is 86.4 Å². The Morgan fingerprint density at radius 3 is 0.821 bits per heavy atom. The summed E-state index contributed by atoms with van der Waals surface area (Å²) in [7, 11) is 10.7. The lowest BCUT2D eigenvalue weighted by Gasteiger charge is -2.35. The Labute approximate surface area is 648 Å². The summed E-state index contributed by atoms with van der Waals surface area (Å²) in [5.74, 6) is 1.52. The van der Waals surface area contributed by atoms with Crippen LogP contribution in [0.25, 0.3) is 0 Å². The van der Waals surface area contributed by atoms with Gasteiger partial charge in [-0.15, -0.1) is 0 Å². The lowest BCUT2D eigenvalue weighted by atomic mass is 10.00. The molecule has 3 aromatic rings. The van der Waals surface area contributed by atoms with Gasteiger partial charge in [-0.1, -0.05) is 222 Å². The molecule has 29 nitrogen and oxygen atoms in total. The van der Waals surface area contributed by atoms with Crippen molar-refractivity contribution < 1.29 is 72.2 Å². The summed E-state index contributed by atoms with van der Waals surface area (Å²) in [5, 5.41) is 11.2. The average molecular weight is 1530 g/mol. The summed E-state index contributed by atoms with van der Waals surface area (Å²) in [4.78, 5) is 137. The maximum Gasteiger partial charge on any atom is 0.246 e. The van der Waals surface area contributed by atoms with E-state index >= 15 is 0 Å². The molecular formula is C77H172N14O15. The number of nitrogens with two attached hydrogens (primary N) is 5. The first-order chi connectivity index (χ1) is 48.7. The molecule has 27 N–H and O–H groups in total. The molecule has 0 saturated carbocycles. The van der Waals surface area contributed by atoms with Gasteiger partial charge in [-0.2, -0.15) is 0 Å². The smallest absolute Gasteiger partial charge is 0.246 e. The van der Waals surface area contributed by atoms with E-state index in [9.17, 15) is 19.2 Å². The first kappa shape index (κ1) is 173. The molecule has 0 unspecified atom stereocenters. The fourth-order valence-corrected chi connectivity index (χ4v) is 5.55. The zero-order valence-corrected chi connectivity index (χ0v) is 72.5. The molecule has 0 radical (unpaired) electrons. The molecule has 0 bridgehead atoms. The van der Waals surface area contributed by atoms with E-state index in [0.29, 0.717) is 19.5 Å². The van der Waals surface area contributed by atoms with E-state index in [4.69, 9.17) is 53.1 Å². The van der Waals surface area contributed by atoms with E-state index in [0.717, 1.165) is 61.0 Å². The average Bonchev–Trinajstić information content (AvgIpc) is 0.823. The van der Waals surface area contributed by atoms with Crippen LogP contribution in [-0.4, -0.2) is 198 Å². The van der Waals surface area contributed by atoms with Crippen LogP contribution in [0.2, 0.25) is 0 Å². The van der Waals surface area contributed by atoms with Crippen LogP contribution in [0.3, 0.4) is 0 Å². The molecule has 4 rings (SSSR count). The maximum absolute atomic E-state index is 13.9. The second-order valence-electron chi connectivity index (χ2n) is 18.5. The van der Waals surface area contributed by atoms with Gasteiger partial charge in [0.05, 0.1) is 6.10 Å². The molecular weight excluding hydrogens is 1360 g/mol. The minimum atomic E-state index is -0.861. The number of nitrogens with one attached hydrogen (secondary N) is 1. The highest BCUT2D eigenvalue weighted by atomic mass is 16.3. The van der Waals surface area contributed by atoms with Crippen LogP contribution >= 0.6 is 0 Å². The van der Waals surface area contributed by atoms with Crippen LogP contribution in [0, 0.1) is 17.8 Å². The van der Waals surface area contributed by atoms with Gasteiger partial charge in [0.1, 0.15) is 86.0 Å². The third-order valence-corrected chi connectivity index (χ3v) is 10.8. The van der Waals surface area contributed by atoms with E-state index in [2.05, 4.69) is 127 Å². The third-order valence-electron chi connectivity index (χ3n) is 10.8. The van der Waals surface area contributed by atoms with E-state index in [1.165, 1.54) is 70.4 Å². The predicted molar refractivity (Wildman–Crippen MR) is 457 cm³/mol. The fraction of sp³-hybridized carbons (Fsp3) is 0.584.